The van der Waals surface area contributed by atoms with Crippen LogP contribution in [0.15, 0.2) is 30.9 Å². The summed E-state index contributed by atoms with van der Waals surface area (Å²) in [6, 6.07) is 4.45. The molecule has 0 atom stereocenters. The van der Waals surface area contributed by atoms with Gasteiger partial charge in [-0.05, 0) is 37.0 Å². The fraction of sp³-hybridized carbons (Fsp3) is 0.429. The monoisotopic (exact) mass is 299 g/mol. The van der Waals surface area contributed by atoms with Gasteiger partial charge >= 0.3 is 0 Å². The minimum atomic E-state index is -3.37. The molecular weight excluding hydrogens is 281 g/mol. The summed E-state index contributed by atoms with van der Waals surface area (Å²) in [5, 5.41) is 0. The molecule has 1 aliphatic rings. The van der Waals surface area contributed by atoms with Crippen molar-refractivity contribution in [2.75, 3.05) is 12.9 Å². The molecule has 0 spiro atoms. The second-order valence-corrected chi connectivity index (χ2v) is 6.77. The molecule has 1 aromatic rings. The molecule has 20 heavy (non-hydrogen) atoms. The molecule has 2 rings (SSSR count). The van der Waals surface area contributed by atoms with Crippen LogP contribution in [0.25, 0.3) is 0 Å². The summed E-state index contributed by atoms with van der Waals surface area (Å²) >= 11 is 0. The van der Waals surface area contributed by atoms with Gasteiger partial charge in [-0.2, -0.15) is 0 Å². The Kier molecular flexibility index (Phi) is 4.15. The van der Waals surface area contributed by atoms with Gasteiger partial charge in [-0.25, -0.2) is 17.5 Å². The lowest BCUT2D eigenvalue weighted by atomic mass is 10.1. The van der Waals surface area contributed by atoms with Gasteiger partial charge in [0, 0.05) is 0 Å². The van der Waals surface area contributed by atoms with Crippen molar-refractivity contribution in [3.63, 3.8) is 0 Å². The zero-order valence-electron chi connectivity index (χ0n) is 11.4. The van der Waals surface area contributed by atoms with Gasteiger partial charge < -0.3 is 4.74 Å². The Labute approximate surface area is 118 Å². The van der Waals surface area contributed by atoms with E-state index in [1.165, 1.54) is 13.2 Å². The second-order valence-electron chi connectivity index (χ2n) is 4.93. The SMILES string of the molecule is C=CCCS(=O)(=O)NC1(c2ccc(F)c(OC)c2)CC1. The van der Waals surface area contributed by atoms with Gasteiger partial charge in [0.25, 0.3) is 0 Å². The molecule has 0 bridgehead atoms. The molecule has 1 aliphatic carbocycles. The molecular formula is C14H18FNO3S. The van der Waals surface area contributed by atoms with Crippen LogP contribution in [-0.2, 0) is 15.6 Å². The van der Waals surface area contributed by atoms with Crippen LogP contribution in [0.4, 0.5) is 4.39 Å². The summed E-state index contributed by atoms with van der Waals surface area (Å²) in [5.74, 6) is -0.322. The molecule has 1 saturated carbocycles. The van der Waals surface area contributed by atoms with Crippen molar-refractivity contribution in [1.29, 1.82) is 0 Å². The zero-order chi connectivity index (χ0) is 14.8. The van der Waals surface area contributed by atoms with Crippen molar-refractivity contribution >= 4 is 10.0 Å². The maximum absolute atomic E-state index is 13.4. The van der Waals surface area contributed by atoms with E-state index in [1.807, 2.05) is 0 Å². The fourth-order valence-electron chi connectivity index (χ4n) is 2.12. The van der Waals surface area contributed by atoms with E-state index >= 15 is 0 Å². The van der Waals surface area contributed by atoms with Crippen LogP contribution in [0.2, 0.25) is 0 Å². The fourth-order valence-corrected chi connectivity index (χ4v) is 3.62. The van der Waals surface area contributed by atoms with Gasteiger partial charge in [-0.1, -0.05) is 12.1 Å². The third-order valence-electron chi connectivity index (χ3n) is 3.40. The first-order valence-corrected chi connectivity index (χ1v) is 8.04. The highest BCUT2D eigenvalue weighted by Crippen LogP contribution is 2.47. The topological polar surface area (TPSA) is 55.4 Å². The first kappa shape index (κ1) is 15.0. The van der Waals surface area contributed by atoms with Crippen molar-refractivity contribution in [2.24, 2.45) is 0 Å². The van der Waals surface area contributed by atoms with Crippen molar-refractivity contribution in [2.45, 2.75) is 24.8 Å². The van der Waals surface area contributed by atoms with Crippen LogP contribution in [0.3, 0.4) is 0 Å². The number of nitrogens with one attached hydrogen (secondary N) is 1. The van der Waals surface area contributed by atoms with Crippen LogP contribution in [0.5, 0.6) is 5.75 Å². The lowest BCUT2D eigenvalue weighted by molar-refractivity contribution is 0.385. The van der Waals surface area contributed by atoms with Gasteiger partial charge in [0.15, 0.2) is 11.6 Å². The highest BCUT2D eigenvalue weighted by molar-refractivity contribution is 7.89. The maximum atomic E-state index is 13.4. The molecule has 0 amide bonds. The quantitative estimate of drug-likeness (QED) is 0.786. The summed E-state index contributed by atoms with van der Waals surface area (Å²) in [7, 11) is -1.99. The predicted octanol–water partition coefficient (Wildman–Crippen LogP) is 2.32. The molecule has 1 fully saturated rings. The van der Waals surface area contributed by atoms with Crippen molar-refractivity contribution in [3.8, 4) is 5.75 Å². The molecule has 110 valence electrons. The number of methoxy groups -OCH3 is 1. The number of benzene rings is 1. The number of hydrogen-bond donors (Lipinski definition) is 1. The third-order valence-corrected chi connectivity index (χ3v) is 4.87. The van der Waals surface area contributed by atoms with Gasteiger partial charge in [-0.15, -0.1) is 6.58 Å². The molecule has 0 radical (unpaired) electrons. The summed E-state index contributed by atoms with van der Waals surface area (Å²) < 4.78 is 45.0. The van der Waals surface area contributed by atoms with Crippen LogP contribution in [0.1, 0.15) is 24.8 Å². The van der Waals surface area contributed by atoms with Gasteiger partial charge in [-0.3, -0.25) is 0 Å². The Morgan fingerprint density at radius 1 is 1.50 bits per heavy atom. The van der Waals surface area contributed by atoms with Gasteiger partial charge in [0.1, 0.15) is 0 Å². The van der Waals surface area contributed by atoms with Crippen molar-refractivity contribution in [3.05, 3.63) is 42.2 Å². The summed E-state index contributed by atoms with van der Waals surface area (Å²) in [6.07, 6.45) is 3.38. The number of rotatable bonds is 7. The average molecular weight is 299 g/mol. The van der Waals surface area contributed by atoms with Crippen molar-refractivity contribution in [1.82, 2.24) is 4.72 Å². The Morgan fingerprint density at radius 2 is 2.20 bits per heavy atom. The first-order chi connectivity index (χ1) is 9.42. The first-order valence-electron chi connectivity index (χ1n) is 6.39. The summed E-state index contributed by atoms with van der Waals surface area (Å²) in [4.78, 5) is 0. The van der Waals surface area contributed by atoms with E-state index in [0.717, 1.165) is 5.56 Å². The Hall–Kier alpha value is -1.40. The number of ether oxygens (including phenoxy) is 1. The molecule has 0 aliphatic heterocycles. The molecule has 4 nitrogen and oxygen atoms in total. The Morgan fingerprint density at radius 3 is 2.75 bits per heavy atom. The van der Waals surface area contributed by atoms with Crippen molar-refractivity contribution < 1.29 is 17.5 Å². The van der Waals surface area contributed by atoms with E-state index < -0.39 is 21.4 Å². The van der Waals surface area contributed by atoms with Gasteiger partial charge in [0.2, 0.25) is 10.0 Å². The Balaban J connectivity index is 2.21. The predicted molar refractivity (Wildman–Crippen MR) is 75.6 cm³/mol. The van der Waals surface area contributed by atoms with E-state index in [1.54, 1.807) is 18.2 Å². The van der Waals surface area contributed by atoms with E-state index in [0.29, 0.717) is 19.3 Å². The number of halogens is 1. The molecule has 0 aromatic heterocycles. The number of hydrogen-bond acceptors (Lipinski definition) is 3. The van der Waals surface area contributed by atoms with E-state index in [9.17, 15) is 12.8 Å². The highest BCUT2D eigenvalue weighted by atomic mass is 32.2. The lowest BCUT2D eigenvalue weighted by Gasteiger charge is -2.18. The zero-order valence-corrected chi connectivity index (χ0v) is 12.2. The largest absolute Gasteiger partial charge is 0.494 e. The summed E-state index contributed by atoms with van der Waals surface area (Å²) in [5.41, 5.74) is 0.124. The Bertz CT molecular complexity index is 609. The third kappa shape index (κ3) is 3.19. The molecule has 1 aromatic carbocycles. The van der Waals surface area contributed by atoms with E-state index in [4.69, 9.17) is 4.74 Å². The van der Waals surface area contributed by atoms with Crippen LogP contribution in [-0.4, -0.2) is 21.3 Å². The van der Waals surface area contributed by atoms with Crippen LogP contribution in [0, 0.1) is 5.82 Å². The smallest absolute Gasteiger partial charge is 0.212 e. The van der Waals surface area contributed by atoms with E-state index in [2.05, 4.69) is 11.3 Å². The normalized spacial score (nSPS) is 16.7. The van der Waals surface area contributed by atoms with Gasteiger partial charge in [0.05, 0.1) is 18.4 Å². The van der Waals surface area contributed by atoms with E-state index in [-0.39, 0.29) is 11.5 Å². The molecule has 0 heterocycles. The molecule has 1 N–H and O–H groups in total. The highest BCUT2D eigenvalue weighted by Gasteiger charge is 2.47. The molecule has 0 unspecified atom stereocenters. The lowest BCUT2D eigenvalue weighted by Crippen LogP contribution is -2.36. The average Bonchev–Trinajstić information content (AvgIpc) is 3.17. The van der Waals surface area contributed by atoms with Crippen LogP contribution >= 0.6 is 0 Å². The second kappa shape index (κ2) is 5.54. The minimum absolute atomic E-state index is 0.0105. The summed E-state index contributed by atoms with van der Waals surface area (Å²) in [6.45, 7) is 3.52. The number of sulfonamides is 1. The van der Waals surface area contributed by atoms with Crippen LogP contribution < -0.4 is 9.46 Å². The standard InChI is InChI=1S/C14H18FNO3S/c1-3-4-9-20(17,18)16-14(7-8-14)11-5-6-12(15)13(10-11)19-2/h3,5-6,10,16H,1,4,7-9H2,2H3. The molecule has 6 heteroatoms. The minimum Gasteiger partial charge on any atom is -0.494 e. The molecule has 0 saturated heterocycles. The number of allylic oxidation sites excluding steroid dienone is 1. The maximum Gasteiger partial charge on any atom is 0.212 e.